The van der Waals surface area contributed by atoms with Crippen molar-refractivity contribution in [2.45, 2.75) is 13.8 Å². The Morgan fingerprint density at radius 1 is 1.29 bits per heavy atom. The van der Waals surface area contributed by atoms with Crippen molar-refractivity contribution in [3.8, 4) is 0 Å². The highest BCUT2D eigenvalue weighted by molar-refractivity contribution is 9.10. The Balaban J connectivity index is 3.03. The number of halogens is 1. The maximum atomic E-state index is 11.7. The lowest BCUT2D eigenvalue weighted by Gasteiger charge is -2.04. The molecule has 2 aromatic rings. The highest BCUT2D eigenvalue weighted by Crippen LogP contribution is 2.22. The SMILES string of the molecule is Cc1cc2ccc(Br)c(C)c2c(=O)[nH]1. The van der Waals surface area contributed by atoms with E-state index in [2.05, 4.69) is 20.9 Å². The summed E-state index contributed by atoms with van der Waals surface area (Å²) in [5.41, 5.74) is 1.87. The van der Waals surface area contributed by atoms with E-state index in [1.807, 2.05) is 32.0 Å². The normalized spacial score (nSPS) is 10.8. The molecule has 1 heterocycles. The summed E-state index contributed by atoms with van der Waals surface area (Å²) in [5, 5.41) is 1.76. The molecule has 0 amide bonds. The van der Waals surface area contributed by atoms with Gasteiger partial charge in [-0.1, -0.05) is 22.0 Å². The van der Waals surface area contributed by atoms with E-state index in [0.29, 0.717) is 0 Å². The van der Waals surface area contributed by atoms with E-state index >= 15 is 0 Å². The number of H-pyrrole nitrogens is 1. The van der Waals surface area contributed by atoms with Crippen molar-refractivity contribution in [2.75, 3.05) is 0 Å². The standard InChI is InChI=1S/C11H10BrNO/c1-6-5-8-3-4-9(12)7(2)10(8)11(14)13-6/h3-5H,1-2H3,(H,13,14). The van der Waals surface area contributed by atoms with Crippen LogP contribution in [0, 0.1) is 13.8 Å². The molecular formula is C11H10BrNO. The lowest BCUT2D eigenvalue weighted by molar-refractivity contribution is 1.16. The number of aryl methyl sites for hydroxylation is 2. The third kappa shape index (κ3) is 1.38. The van der Waals surface area contributed by atoms with Gasteiger partial charge in [0.15, 0.2) is 0 Å². The van der Waals surface area contributed by atoms with Crippen molar-refractivity contribution in [3.05, 3.63) is 44.3 Å². The number of aromatic nitrogens is 1. The second kappa shape index (κ2) is 3.24. The maximum Gasteiger partial charge on any atom is 0.256 e. The molecule has 0 unspecified atom stereocenters. The van der Waals surface area contributed by atoms with Crippen LogP contribution in [-0.2, 0) is 0 Å². The van der Waals surface area contributed by atoms with Crippen LogP contribution in [0.5, 0.6) is 0 Å². The Morgan fingerprint density at radius 2 is 2.00 bits per heavy atom. The zero-order chi connectivity index (χ0) is 10.3. The first kappa shape index (κ1) is 9.46. The number of hydrogen-bond acceptors (Lipinski definition) is 1. The Kier molecular flexibility index (Phi) is 2.19. The average Bonchev–Trinajstić information content (AvgIpc) is 2.10. The summed E-state index contributed by atoms with van der Waals surface area (Å²) in [6, 6.07) is 5.90. The Morgan fingerprint density at radius 3 is 2.71 bits per heavy atom. The minimum absolute atomic E-state index is 0.0150. The van der Waals surface area contributed by atoms with Gasteiger partial charge in [-0.15, -0.1) is 0 Å². The first-order chi connectivity index (χ1) is 6.59. The number of fused-ring (bicyclic) bond motifs is 1. The van der Waals surface area contributed by atoms with Gasteiger partial charge in [0.25, 0.3) is 5.56 Å². The molecule has 3 heteroatoms. The van der Waals surface area contributed by atoms with Crippen LogP contribution in [-0.4, -0.2) is 4.98 Å². The molecule has 1 N–H and O–H groups in total. The number of rotatable bonds is 0. The van der Waals surface area contributed by atoms with Crippen LogP contribution in [0.25, 0.3) is 10.8 Å². The van der Waals surface area contributed by atoms with Crippen molar-refractivity contribution in [1.82, 2.24) is 4.98 Å². The molecule has 2 nitrogen and oxygen atoms in total. The third-order valence-electron chi connectivity index (χ3n) is 2.34. The molecule has 0 fully saturated rings. The van der Waals surface area contributed by atoms with Gasteiger partial charge in [0.1, 0.15) is 0 Å². The van der Waals surface area contributed by atoms with Crippen molar-refractivity contribution in [1.29, 1.82) is 0 Å². The van der Waals surface area contributed by atoms with Crippen LogP contribution in [0.3, 0.4) is 0 Å². The van der Waals surface area contributed by atoms with Gasteiger partial charge in [0, 0.05) is 10.2 Å². The lowest BCUT2D eigenvalue weighted by atomic mass is 10.1. The second-order valence-electron chi connectivity index (χ2n) is 3.42. The monoisotopic (exact) mass is 251 g/mol. The molecule has 0 saturated heterocycles. The molecule has 0 spiro atoms. The predicted molar refractivity (Wildman–Crippen MR) is 61.7 cm³/mol. The molecule has 1 aromatic heterocycles. The minimum atomic E-state index is -0.0150. The second-order valence-corrected chi connectivity index (χ2v) is 4.27. The van der Waals surface area contributed by atoms with Crippen LogP contribution in [0.2, 0.25) is 0 Å². The van der Waals surface area contributed by atoms with Gasteiger partial charge in [-0.3, -0.25) is 4.79 Å². The van der Waals surface area contributed by atoms with Crippen molar-refractivity contribution in [2.24, 2.45) is 0 Å². The fourth-order valence-electron chi connectivity index (χ4n) is 1.64. The van der Waals surface area contributed by atoms with Crippen LogP contribution in [0.4, 0.5) is 0 Å². The number of aromatic amines is 1. The Labute approximate surface area is 90.1 Å². The van der Waals surface area contributed by atoms with Gasteiger partial charge in [0.05, 0.1) is 5.39 Å². The van der Waals surface area contributed by atoms with Crippen LogP contribution in [0.15, 0.2) is 27.5 Å². The molecule has 0 radical (unpaired) electrons. The summed E-state index contributed by atoms with van der Waals surface area (Å²) in [6.45, 7) is 3.83. The van der Waals surface area contributed by atoms with E-state index in [-0.39, 0.29) is 5.56 Å². The summed E-state index contributed by atoms with van der Waals surface area (Å²) in [5.74, 6) is 0. The molecule has 2 rings (SSSR count). The third-order valence-corrected chi connectivity index (χ3v) is 3.20. The molecule has 0 atom stereocenters. The summed E-state index contributed by atoms with van der Waals surface area (Å²) < 4.78 is 0.972. The number of hydrogen-bond donors (Lipinski definition) is 1. The molecule has 0 aliphatic rings. The van der Waals surface area contributed by atoms with E-state index in [0.717, 1.165) is 26.5 Å². The summed E-state index contributed by atoms with van der Waals surface area (Å²) in [7, 11) is 0. The van der Waals surface area contributed by atoms with Crippen molar-refractivity contribution in [3.63, 3.8) is 0 Å². The number of nitrogens with one attached hydrogen (secondary N) is 1. The van der Waals surface area contributed by atoms with E-state index in [9.17, 15) is 4.79 Å². The van der Waals surface area contributed by atoms with Gasteiger partial charge in [-0.2, -0.15) is 0 Å². The molecule has 0 aliphatic carbocycles. The van der Waals surface area contributed by atoms with Gasteiger partial charge in [-0.25, -0.2) is 0 Å². The highest BCUT2D eigenvalue weighted by atomic mass is 79.9. The number of benzene rings is 1. The first-order valence-electron chi connectivity index (χ1n) is 4.38. The Hall–Kier alpha value is -1.09. The molecule has 0 aliphatic heterocycles. The topological polar surface area (TPSA) is 32.9 Å². The molecule has 1 aromatic carbocycles. The van der Waals surface area contributed by atoms with Gasteiger partial charge < -0.3 is 4.98 Å². The molecule has 14 heavy (non-hydrogen) atoms. The largest absolute Gasteiger partial charge is 0.326 e. The smallest absolute Gasteiger partial charge is 0.256 e. The van der Waals surface area contributed by atoms with E-state index < -0.39 is 0 Å². The van der Waals surface area contributed by atoms with E-state index in [1.54, 1.807) is 0 Å². The zero-order valence-electron chi connectivity index (χ0n) is 8.02. The molecular weight excluding hydrogens is 242 g/mol. The summed E-state index contributed by atoms with van der Waals surface area (Å²) >= 11 is 3.42. The Bertz CT molecular complexity index is 557. The van der Waals surface area contributed by atoms with Gasteiger partial charge in [0.2, 0.25) is 0 Å². The predicted octanol–water partition coefficient (Wildman–Crippen LogP) is 2.91. The van der Waals surface area contributed by atoms with Gasteiger partial charge in [-0.05, 0) is 36.9 Å². The summed E-state index contributed by atoms with van der Waals surface area (Å²) in [4.78, 5) is 14.5. The van der Waals surface area contributed by atoms with Crippen LogP contribution in [0.1, 0.15) is 11.3 Å². The van der Waals surface area contributed by atoms with Crippen LogP contribution >= 0.6 is 15.9 Å². The molecule has 0 saturated carbocycles. The average molecular weight is 252 g/mol. The summed E-state index contributed by atoms with van der Waals surface area (Å²) in [6.07, 6.45) is 0. The van der Waals surface area contributed by atoms with E-state index in [1.165, 1.54) is 0 Å². The fourth-order valence-corrected chi connectivity index (χ4v) is 1.97. The molecule has 72 valence electrons. The first-order valence-corrected chi connectivity index (χ1v) is 5.17. The number of pyridine rings is 1. The fraction of sp³-hybridized carbons (Fsp3) is 0.182. The van der Waals surface area contributed by atoms with Crippen LogP contribution < -0.4 is 5.56 Å². The zero-order valence-corrected chi connectivity index (χ0v) is 9.60. The maximum absolute atomic E-state index is 11.7. The molecule has 0 bridgehead atoms. The van der Waals surface area contributed by atoms with Crippen molar-refractivity contribution >= 4 is 26.7 Å². The van der Waals surface area contributed by atoms with Gasteiger partial charge >= 0.3 is 0 Å². The van der Waals surface area contributed by atoms with Crippen molar-refractivity contribution < 1.29 is 0 Å². The lowest BCUT2D eigenvalue weighted by Crippen LogP contribution is -2.08. The minimum Gasteiger partial charge on any atom is -0.326 e. The quantitative estimate of drug-likeness (QED) is 0.768. The van der Waals surface area contributed by atoms with E-state index in [4.69, 9.17) is 0 Å². The highest BCUT2D eigenvalue weighted by Gasteiger charge is 2.05.